The van der Waals surface area contributed by atoms with Gasteiger partial charge in [-0.1, -0.05) is 35.3 Å². The van der Waals surface area contributed by atoms with E-state index in [4.69, 9.17) is 27.9 Å². The van der Waals surface area contributed by atoms with Crippen LogP contribution < -0.4 is 4.74 Å². The van der Waals surface area contributed by atoms with E-state index in [1.165, 1.54) is 0 Å². The fourth-order valence-electron chi connectivity index (χ4n) is 2.07. The van der Waals surface area contributed by atoms with E-state index in [9.17, 15) is 0 Å². The van der Waals surface area contributed by atoms with E-state index < -0.39 is 0 Å². The number of aromatic nitrogens is 2. The summed E-state index contributed by atoms with van der Waals surface area (Å²) in [6.07, 6.45) is 0. The summed E-state index contributed by atoms with van der Waals surface area (Å²) in [5.74, 6) is 1.24. The summed E-state index contributed by atoms with van der Waals surface area (Å²) in [5.41, 5.74) is 2.71. The van der Waals surface area contributed by atoms with Crippen LogP contribution in [0.4, 0.5) is 0 Å². The summed E-state index contributed by atoms with van der Waals surface area (Å²) in [6, 6.07) is 11.4. The monoisotopic (exact) mass is 306 g/mol. The molecule has 0 saturated carbocycles. The van der Waals surface area contributed by atoms with Crippen molar-refractivity contribution in [3.05, 3.63) is 46.4 Å². The summed E-state index contributed by atoms with van der Waals surface area (Å²) in [5, 5.41) is 0.963. The maximum Gasteiger partial charge on any atom is 0.156 e. The number of nitrogens with one attached hydrogen (secondary N) is 1. The smallest absolute Gasteiger partial charge is 0.156 e. The molecule has 1 aromatic heterocycles. The Bertz CT molecular complexity index is 711. The van der Waals surface area contributed by atoms with Gasteiger partial charge in [0.25, 0.3) is 0 Å². The number of imidazole rings is 1. The molecule has 5 heteroatoms. The summed E-state index contributed by atoms with van der Waals surface area (Å²) in [7, 11) is 0. The van der Waals surface area contributed by atoms with Crippen molar-refractivity contribution in [3.8, 4) is 17.1 Å². The van der Waals surface area contributed by atoms with Gasteiger partial charge < -0.3 is 9.72 Å². The van der Waals surface area contributed by atoms with Gasteiger partial charge in [-0.05, 0) is 31.2 Å². The normalized spacial score (nSPS) is 10.9. The van der Waals surface area contributed by atoms with Crippen LogP contribution in [0.5, 0.6) is 5.75 Å². The first kappa shape index (κ1) is 13.3. The molecular formula is C15H12Cl2N2O. The molecular weight excluding hydrogens is 295 g/mol. The van der Waals surface area contributed by atoms with E-state index >= 15 is 0 Å². The van der Waals surface area contributed by atoms with E-state index in [0.717, 1.165) is 22.4 Å². The van der Waals surface area contributed by atoms with Crippen molar-refractivity contribution >= 4 is 34.2 Å². The number of ether oxygens (including phenoxy) is 1. The summed E-state index contributed by atoms with van der Waals surface area (Å²) < 4.78 is 5.42. The molecule has 0 unspecified atom stereocenters. The number of aromatic amines is 1. The zero-order valence-electron chi connectivity index (χ0n) is 10.8. The molecule has 1 N–H and O–H groups in total. The number of hydrogen-bond acceptors (Lipinski definition) is 2. The van der Waals surface area contributed by atoms with Crippen LogP contribution in [0.3, 0.4) is 0 Å². The molecule has 0 fully saturated rings. The molecule has 0 bridgehead atoms. The topological polar surface area (TPSA) is 37.9 Å². The predicted molar refractivity (Wildman–Crippen MR) is 82.7 cm³/mol. The minimum atomic E-state index is 0.481. The van der Waals surface area contributed by atoms with Gasteiger partial charge >= 0.3 is 0 Å². The quantitative estimate of drug-likeness (QED) is 0.744. The Morgan fingerprint density at radius 2 is 1.85 bits per heavy atom. The maximum absolute atomic E-state index is 6.21. The van der Waals surface area contributed by atoms with Gasteiger partial charge in [0.05, 0.1) is 27.7 Å². The number of hydrogen-bond donors (Lipinski definition) is 1. The zero-order valence-corrected chi connectivity index (χ0v) is 12.3. The van der Waals surface area contributed by atoms with E-state index in [1.54, 1.807) is 12.1 Å². The Morgan fingerprint density at radius 3 is 2.50 bits per heavy atom. The SMILES string of the molecule is CCOc1c(Cl)cc(-c2nc3ccccc3[nH]2)cc1Cl. The number of halogens is 2. The average molecular weight is 307 g/mol. The second-order valence-corrected chi connectivity index (χ2v) is 5.12. The number of H-pyrrole nitrogens is 1. The number of nitrogens with zero attached hydrogens (tertiary/aromatic N) is 1. The molecule has 3 nitrogen and oxygen atoms in total. The third kappa shape index (κ3) is 2.35. The maximum atomic E-state index is 6.21. The lowest BCUT2D eigenvalue weighted by Gasteiger charge is -2.09. The van der Waals surface area contributed by atoms with Gasteiger partial charge in [0.15, 0.2) is 5.75 Å². The lowest BCUT2D eigenvalue weighted by atomic mass is 10.2. The van der Waals surface area contributed by atoms with Gasteiger partial charge in [0, 0.05) is 5.56 Å². The molecule has 0 aliphatic carbocycles. The average Bonchev–Trinajstić information content (AvgIpc) is 2.86. The Balaban J connectivity index is 2.10. The van der Waals surface area contributed by atoms with Crippen molar-refractivity contribution in [2.45, 2.75) is 6.92 Å². The van der Waals surface area contributed by atoms with Crippen LogP contribution in [0.15, 0.2) is 36.4 Å². The van der Waals surface area contributed by atoms with Gasteiger partial charge in [-0.15, -0.1) is 0 Å². The van der Waals surface area contributed by atoms with E-state index in [-0.39, 0.29) is 0 Å². The second-order valence-electron chi connectivity index (χ2n) is 4.30. The molecule has 0 amide bonds. The van der Waals surface area contributed by atoms with E-state index in [2.05, 4.69) is 9.97 Å². The van der Waals surface area contributed by atoms with Crippen molar-refractivity contribution in [1.82, 2.24) is 9.97 Å². The molecule has 3 aromatic rings. The first-order valence-electron chi connectivity index (χ1n) is 6.26. The molecule has 0 aliphatic rings. The van der Waals surface area contributed by atoms with Gasteiger partial charge in [-0.3, -0.25) is 0 Å². The molecule has 0 atom stereocenters. The molecule has 1 heterocycles. The predicted octanol–water partition coefficient (Wildman–Crippen LogP) is 4.94. The van der Waals surface area contributed by atoms with E-state index in [0.29, 0.717) is 22.4 Å². The van der Waals surface area contributed by atoms with Crippen molar-refractivity contribution in [1.29, 1.82) is 0 Å². The van der Waals surface area contributed by atoms with Gasteiger partial charge in [-0.2, -0.15) is 0 Å². The summed E-state index contributed by atoms with van der Waals surface area (Å²) >= 11 is 12.4. The highest BCUT2D eigenvalue weighted by Crippen LogP contribution is 2.37. The lowest BCUT2D eigenvalue weighted by molar-refractivity contribution is 0.340. The van der Waals surface area contributed by atoms with Crippen LogP contribution in [0.1, 0.15) is 6.92 Å². The Morgan fingerprint density at radius 1 is 1.15 bits per heavy atom. The third-order valence-corrected chi connectivity index (χ3v) is 3.51. The molecule has 20 heavy (non-hydrogen) atoms. The summed E-state index contributed by atoms with van der Waals surface area (Å²) in [4.78, 5) is 7.78. The number of fused-ring (bicyclic) bond motifs is 1. The van der Waals surface area contributed by atoms with Crippen LogP contribution in [0.25, 0.3) is 22.4 Å². The largest absolute Gasteiger partial charge is 0.491 e. The first-order valence-corrected chi connectivity index (χ1v) is 7.01. The van der Waals surface area contributed by atoms with Crippen molar-refractivity contribution in [2.24, 2.45) is 0 Å². The fourth-order valence-corrected chi connectivity index (χ4v) is 2.66. The fraction of sp³-hybridized carbons (Fsp3) is 0.133. The summed E-state index contributed by atoms with van der Waals surface area (Å²) in [6.45, 7) is 2.41. The number of rotatable bonds is 3. The van der Waals surface area contributed by atoms with Crippen LogP contribution in [0, 0.1) is 0 Å². The molecule has 0 spiro atoms. The van der Waals surface area contributed by atoms with Crippen LogP contribution in [-0.2, 0) is 0 Å². The number of benzene rings is 2. The van der Waals surface area contributed by atoms with Crippen LogP contribution >= 0.6 is 23.2 Å². The molecule has 0 saturated heterocycles. The lowest BCUT2D eigenvalue weighted by Crippen LogP contribution is -1.94. The minimum absolute atomic E-state index is 0.481. The Hall–Kier alpha value is -1.71. The van der Waals surface area contributed by atoms with Crippen molar-refractivity contribution in [2.75, 3.05) is 6.61 Å². The minimum Gasteiger partial charge on any atom is -0.491 e. The standard InChI is InChI=1S/C15H12Cl2N2O/c1-2-20-14-10(16)7-9(8-11(14)17)15-18-12-5-3-4-6-13(12)19-15/h3-8H,2H2,1H3,(H,18,19). The van der Waals surface area contributed by atoms with Crippen LogP contribution in [-0.4, -0.2) is 16.6 Å². The Kier molecular flexibility index (Phi) is 3.55. The van der Waals surface area contributed by atoms with Gasteiger partial charge in [0.2, 0.25) is 0 Å². The number of para-hydroxylation sites is 2. The molecule has 0 aliphatic heterocycles. The van der Waals surface area contributed by atoms with Crippen molar-refractivity contribution < 1.29 is 4.74 Å². The highest BCUT2D eigenvalue weighted by molar-refractivity contribution is 6.37. The van der Waals surface area contributed by atoms with Gasteiger partial charge in [0.1, 0.15) is 5.82 Å². The zero-order chi connectivity index (χ0) is 14.1. The molecule has 0 radical (unpaired) electrons. The van der Waals surface area contributed by atoms with Crippen molar-refractivity contribution in [3.63, 3.8) is 0 Å². The third-order valence-electron chi connectivity index (χ3n) is 2.95. The van der Waals surface area contributed by atoms with E-state index in [1.807, 2.05) is 31.2 Å². The van der Waals surface area contributed by atoms with Gasteiger partial charge in [-0.25, -0.2) is 4.98 Å². The Labute approximate surface area is 126 Å². The molecule has 2 aromatic carbocycles. The molecule has 3 rings (SSSR count). The molecule has 102 valence electrons. The van der Waals surface area contributed by atoms with Crippen LogP contribution in [0.2, 0.25) is 10.0 Å². The highest BCUT2D eigenvalue weighted by atomic mass is 35.5. The second kappa shape index (κ2) is 5.35. The first-order chi connectivity index (χ1) is 9.69. The highest BCUT2D eigenvalue weighted by Gasteiger charge is 2.12.